The molecule has 5 nitrogen and oxygen atoms in total. The molecule has 1 atom stereocenters. The van der Waals surface area contributed by atoms with Gasteiger partial charge in [-0.2, -0.15) is 5.26 Å². The van der Waals surface area contributed by atoms with E-state index < -0.39 is 0 Å². The monoisotopic (exact) mass is 346 g/mol. The van der Waals surface area contributed by atoms with Crippen LogP contribution >= 0.6 is 22.7 Å². The molecule has 2 aromatic heterocycles. The maximum absolute atomic E-state index is 12.4. The normalized spacial score (nSPS) is 18.5. The van der Waals surface area contributed by atoms with Gasteiger partial charge < -0.3 is 10.2 Å². The van der Waals surface area contributed by atoms with Crippen molar-refractivity contribution in [1.29, 1.82) is 5.26 Å². The first kappa shape index (κ1) is 16.1. The Labute approximate surface area is 143 Å². The van der Waals surface area contributed by atoms with Gasteiger partial charge in [-0.15, -0.1) is 22.7 Å². The van der Waals surface area contributed by atoms with Crippen LogP contribution in [0.1, 0.15) is 19.3 Å². The summed E-state index contributed by atoms with van der Waals surface area (Å²) in [5.41, 5.74) is 0.916. The minimum absolute atomic E-state index is 0.0171. The second-order valence-electron chi connectivity index (χ2n) is 5.55. The third kappa shape index (κ3) is 4.16. The summed E-state index contributed by atoms with van der Waals surface area (Å²) in [7, 11) is 0. The lowest BCUT2D eigenvalue weighted by Gasteiger charge is -2.31. The molecular weight excluding hydrogens is 328 g/mol. The number of carbonyl (C=O) groups excluding carboxylic acids is 1. The highest BCUT2D eigenvalue weighted by molar-refractivity contribution is 7.16. The van der Waals surface area contributed by atoms with Crippen LogP contribution in [-0.2, 0) is 4.79 Å². The maximum atomic E-state index is 12.4. The molecule has 7 heteroatoms. The molecule has 0 bridgehead atoms. The second kappa shape index (κ2) is 7.68. The number of nitriles is 1. The minimum atomic E-state index is -0.0171. The van der Waals surface area contributed by atoms with E-state index in [1.54, 1.807) is 11.3 Å². The van der Waals surface area contributed by atoms with E-state index in [9.17, 15) is 4.79 Å². The van der Waals surface area contributed by atoms with Gasteiger partial charge in [0.25, 0.3) is 0 Å². The van der Waals surface area contributed by atoms with Gasteiger partial charge in [0.05, 0.1) is 22.6 Å². The Hall–Kier alpha value is -1.75. The van der Waals surface area contributed by atoms with E-state index >= 15 is 0 Å². The first-order chi connectivity index (χ1) is 11.3. The molecule has 3 rings (SSSR count). The highest BCUT2D eigenvalue weighted by Gasteiger charge is 2.26. The molecule has 23 heavy (non-hydrogen) atoms. The quantitative estimate of drug-likeness (QED) is 0.900. The van der Waals surface area contributed by atoms with E-state index in [1.807, 2.05) is 22.9 Å². The van der Waals surface area contributed by atoms with Gasteiger partial charge in [-0.3, -0.25) is 4.79 Å². The van der Waals surface area contributed by atoms with Gasteiger partial charge in [0.2, 0.25) is 5.91 Å². The van der Waals surface area contributed by atoms with Crippen molar-refractivity contribution >= 4 is 33.7 Å². The fraction of sp³-hybridized carbons (Fsp3) is 0.438. The van der Waals surface area contributed by atoms with Crippen LogP contribution < -0.4 is 5.32 Å². The zero-order chi connectivity index (χ0) is 16.1. The largest absolute Gasteiger partial charge is 0.302 e. The van der Waals surface area contributed by atoms with Gasteiger partial charge in [-0.1, -0.05) is 6.07 Å². The summed E-state index contributed by atoms with van der Waals surface area (Å²) >= 11 is 3.10. The number of rotatable bonds is 5. The number of anilines is 1. The Balaban J connectivity index is 1.57. The molecule has 1 saturated heterocycles. The molecule has 1 amide bonds. The topological polar surface area (TPSA) is 69.0 Å². The van der Waals surface area contributed by atoms with Crippen LogP contribution in [0, 0.1) is 17.2 Å². The molecule has 1 aliphatic heterocycles. The third-order valence-corrected chi connectivity index (χ3v) is 5.57. The summed E-state index contributed by atoms with van der Waals surface area (Å²) in [6.45, 7) is 2.46. The molecule has 0 radical (unpaired) electrons. The Morgan fingerprint density at radius 3 is 3.22 bits per heavy atom. The smallest absolute Gasteiger partial charge is 0.230 e. The van der Waals surface area contributed by atoms with Crippen molar-refractivity contribution in [3.63, 3.8) is 0 Å². The molecule has 0 spiro atoms. The van der Waals surface area contributed by atoms with Gasteiger partial charge in [0.15, 0.2) is 5.13 Å². The standard InChI is InChI=1S/C16H18N4OS2/c17-6-3-8-20-7-1-4-12(10-20)15(21)19-16-18-13(11-23-16)14-5-2-9-22-14/h2,5,9,11-12H,1,3-4,7-8,10H2,(H,18,19,21). The summed E-state index contributed by atoms with van der Waals surface area (Å²) in [6, 6.07) is 6.19. The average molecular weight is 346 g/mol. The van der Waals surface area contributed by atoms with Crippen LogP contribution in [0.2, 0.25) is 0 Å². The highest BCUT2D eigenvalue weighted by atomic mass is 32.1. The molecule has 120 valence electrons. The fourth-order valence-corrected chi connectivity index (χ4v) is 4.23. The van der Waals surface area contributed by atoms with Gasteiger partial charge in [-0.05, 0) is 30.8 Å². The van der Waals surface area contributed by atoms with Gasteiger partial charge >= 0.3 is 0 Å². The van der Waals surface area contributed by atoms with Crippen molar-refractivity contribution in [3.8, 4) is 16.6 Å². The summed E-state index contributed by atoms with van der Waals surface area (Å²) < 4.78 is 0. The molecular formula is C16H18N4OS2. The molecule has 1 fully saturated rings. The first-order valence-corrected chi connectivity index (χ1v) is 9.42. The molecule has 1 aliphatic rings. The van der Waals surface area contributed by atoms with E-state index in [0.717, 1.165) is 43.0 Å². The van der Waals surface area contributed by atoms with Crippen LogP contribution in [0.3, 0.4) is 0 Å². The van der Waals surface area contributed by atoms with Gasteiger partial charge in [-0.25, -0.2) is 4.98 Å². The van der Waals surface area contributed by atoms with Crippen LogP contribution in [0.5, 0.6) is 0 Å². The van der Waals surface area contributed by atoms with Crippen molar-refractivity contribution in [3.05, 3.63) is 22.9 Å². The molecule has 2 aromatic rings. The average Bonchev–Trinajstić information content (AvgIpc) is 3.24. The predicted molar refractivity (Wildman–Crippen MR) is 93.5 cm³/mol. The second-order valence-corrected chi connectivity index (χ2v) is 7.36. The summed E-state index contributed by atoms with van der Waals surface area (Å²) in [6.07, 6.45) is 2.42. The maximum Gasteiger partial charge on any atom is 0.230 e. The van der Waals surface area contributed by atoms with Crippen LogP contribution in [0.4, 0.5) is 5.13 Å². The van der Waals surface area contributed by atoms with Crippen molar-refractivity contribution in [2.45, 2.75) is 19.3 Å². The van der Waals surface area contributed by atoms with Crippen molar-refractivity contribution in [2.75, 3.05) is 25.0 Å². The SMILES string of the molecule is N#CCCN1CCCC(C(=O)Nc2nc(-c3cccs3)cs2)C1. The number of hydrogen-bond acceptors (Lipinski definition) is 6. The van der Waals surface area contributed by atoms with E-state index in [0.29, 0.717) is 11.6 Å². The van der Waals surface area contributed by atoms with E-state index in [1.165, 1.54) is 11.3 Å². The van der Waals surface area contributed by atoms with Crippen molar-refractivity contribution in [2.24, 2.45) is 5.92 Å². The summed E-state index contributed by atoms with van der Waals surface area (Å²) in [4.78, 5) is 20.3. The number of nitrogens with one attached hydrogen (secondary N) is 1. The highest BCUT2D eigenvalue weighted by Crippen LogP contribution is 2.29. The van der Waals surface area contributed by atoms with E-state index in [4.69, 9.17) is 5.26 Å². The number of amides is 1. The summed E-state index contributed by atoms with van der Waals surface area (Å²) in [5, 5.41) is 16.3. The Morgan fingerprint density at radius 1 is 1.52 bits per heavy atom. The minimum Gasteiger partial charge on any atom is -0.302 e. The number of thiazole rings is 1. The van der Waals surface area contributed by atoms with Crippen molar-refractivity contribution < 1.29 is 4.79 Å². The van der Waals surface area contributed by atoms with Crippen molar-refractivity contribution in [1.82, 2.24) is 9.88 Å². The van der Waals surface area contributed by atoms with Crippen LogP contribution in [0.25, 0.3) is 10.6 Å². The van der Waals surface area contributed by atoms with Crippen LogP contribution in [-0.4, -0.2) is 35.4 Å². The first-order valence-electron chi connectivity index (χ1n) is 7.66. The lowest BCUT2D eigenvalue weighted by molar-refractivity contribution is -0.121. The molecule has 1 unspecified atom stereocenters. The van der Waals surface area contributed by atoms with E-state index in [2.05, 4.69) is 21.3 Å². The number of piperidine rings is 1. The number of nitrogens with zero attached hydrogens (tertiary/aromatic N) is 3. The Kier molecular flexibility index (Phi) is 5.39. The van der Waals surface area contributed by atoms with Gasteiger partial charge in [0.1, 0.15) is 0 Å². The molecule has 1 N–H and O–H groups in total. The molecule has 0 aliphatic carbocycles. The number of carbonyl (C=O) groups is 1. The lowest BCUT2D eigenvalue weighted by Crippen LogP contribution is -2.41. The Bertz CT molecular complexity index is 689. The molecule has 3 heterocycles. The number of hydrogen-bond donors (Lipinski definition) is 1. The molecule has 0 aromatic carbocycles. The van der Waals surface area contributed by atoms with E-state index in [-0.39, 0.29) is 11.8 Å². The van der Waals surface area contributed by atoms with Gasteiger partial charge in [0, 0.05) is 24.9 Å². The zero-order valence-electron chi connectivity index (χ0n) is 12.7. The lowest BCUT2D eigenvalue weighted by atomic mass is 9.97. The zero-order valence-corrected chi connectivity index (χ0v) is 14.3. The van der Waals surface area contributed by atoms with Crippen LogP contribution in [0.15, 0.2) is 22.9 Å². The molecule has 0 saturated carbocycles. The third-order valence-electron chi connectivity index (χ3n) is 3.92. The number of likely N-dealkylation sites (tertiary alicyclic amines) is 1. The summed E-state index contributed by atoms with van der Waals surface area (Å²) in [5.74, 6) is 0.0234. The fourth-order valence-electron chi connectivity index (χ4n) is 2.76. The Morgan fingerprint density at radius 2 is 2.43 bits per heavy atom. The predicted octanol–water partition coefficient (Wildman–Crippen LogP) is 3.44. The number of aromatic nitrogens is 1. The number of thiophene rings is 1.